The summed E-state index contributed by atoms with van der Waals surface area (Å²) in [4.78, 5) is 3.38. The molecule has 3 nitrogen and oxygen atoms in total. The standard InChI is InChI=1S/C18H17NO2/c20-12-6-11-19-16-13-18(14-7-2-1-3-8-14)21-17-10-5-4-9-15(16)17/h1-5,7-10,13,20H,6,11-12H2/p+1. The number of fused-ring (bicyclic) bond motifs is 1. The van der Waals surface area contributed by atoms with Gasteiger partial charge in [0.15, 0.2) is 0 Å². The van der Waals surface area contributed by atoms with Gasteiger partial charge in [0, 0.05) is 18.6 Å². The Labute approximate surface area is 123 Å². The molecule has 0 atom stereocenters. The molecule has 2 N–H and O–H groups in total. The molecule has 0 spiro atoms. The fourth-order valence-electron chi connectivity index (χ4n) is 2.33. The first-order valence-electron chi connectivity index (χ1n) is 7.14. The lowest BCUT2D eigenvalue weighted by molar-refractivity contribution is -0.500. The largest absolute Gasteiger partial charge is 0.456 e. The first kappa shape index (κ1) is 13.6. The molecule has 0 radical (unpaired) electrons. The van der Waals surface area contributed by atoms with Crippen LogP contribution in [-0.4, -0.2) is 18.3 Å². The third kappa shape index (κ3) is 3.03. The molecule has 3 heteroatoms. The van der Waals surface area contributed by atoms with Gasteiger partial charge in [-0.25, -0.2) is 4.99 Å². The second kappa shape index (κ2) is 6.37. The lowest BCUT2D eigenvalue weighted by Crippen LogP contribution is -2.76. The minimum atomic E-state index is 0.188. The number of aliphatic hydroxyl groups excluding tert-OH is 1. The molecule has 2 aromatic carbocycles. The smallest absolute Gasteiger partial charge is 0.213 e. The molecule has 21 heavy (non-hydrogen) atoms. The van der Waals surface area contributed by atoms with Crippen LogP contribution in [-0.2, 0) is 0 Å². The van der Waals surface area contributed by atoms with Crippen LogP contribution in [0.15, 0.2) is 65.1 Å². The van der Waals surface area contributed by atoms with Crippen molar-refractivity contribution in [1.29, 1.82) is 0 Å². The molecule has 106 valence electrons. The second-order valence-electron chi connectivity index (χ2n) is 4.89. The molecule has 0 fully saturated rings. The number of hydrogen-bond acceptors (Lipinski definition) is 2. The highest BCUT2D eigenvalue weighted by Gasteiger charge is 2.07. The second-order valence-corrected chi connectivity index (χ2v) is 4.89. The Morgan fingerprint density at radius 3 is 2.52 bits per heavy atom. The summed E-state index contributed by atoms with van der Waals surface area (Å²) in [6, 6.07) is 20.1. The normalized spacial score (nSPS) is 12.0. The van der Waals surface area contributed by atoms with E-state index in [4.69, 9.17) is 9.52 Å². The molecule has 0 aliphatic heterocycles. The van der Waals surface area contributed by atoms with E-state index in [1.165, 1.54) is 0 Å². The van der Waals surface area contributed by atoms with Gasteiger partial charge in [0.25, 0.3) is 0 Å². The summed E-state index contributed by atoms with van der Waals surface area (Å²) in [5.74, 6) is 0.834. The average Bonchev–Trinajstić information content (AvgIpc) is 2.55. The Kier molecular flexibility index (Phi) is 4.12. The van der Waals surface area contributed by atoms with E-state index in [-0.39, 0.29) is 6.61 Å². The van der Waals surface area contributed by atoms with Gasteiger partial charge in [-0.15, -0.1) is 0 Å². The molecular weight excluding hydrogens is 262 g/mol. The van der Waals surface area contributed by atoms with E-state index < -0.39 is 0 Å². The van der Waals surface area contributed by atoms with E-state index in [2.05, 4.69) is 4.99 Å². The van der Waals surface area contributed by atoms with Gasteiger partial charge >= 0.3 is 0 Å². The first-order valence-corrected chi connectivity index (χ1v) is 7.14. The van der Waals surface area contributed by atoms with Crippen molar-refractivity contribution < 1.29 is 14.5 Å². The zero-order chi connectivity index (χ0) is 14.5. The number of benzene rings is 2. The van der Waals surface area contributed by atoms with Gasteiger partial charge < -0.3 is 9.52 Å². The third-order valence-electron chi connectivity index (χ3n) is 3.38. The van der Waals surface area contributed by atoms with Crippen LogP contribution in [0.5, 0.6) is 0 Å². The van der Waals surface area contributed by atoms with Crippen molar-refractivity contribution >= 4 is 11.0 Å². The summed E-state index contributed by atoms with van der Waals surface area (Å²) < 4.78 is 6.01. The van der Waals surface area contributed by atoms with Crippen LogP contribution in [0.4, 0.5) is 0 Å². The Bertz CT molecular complexity index is 791. The molecule has 0 bridgehead atoms. The Balaban J connectivity index is 2.17. The van der Waals surface area contributed by atoms with Gasteiger partial charge in [-0.1, -0.05) is 42.5 Å². The number of nitrogens with one attached hydrogen (secondary N) is 1. The molecule has 0 amide bonds. The molecule has 1 heterocycles. The Morgan fingerprint density at radius 1 is 0.952 bits per heavy atom. The monoisotopic (exact) mass is 280 g/mol. The highest BCUT2D eigenvalue weighted by molar-refractivity contribution is 5.77. The summed E-state index contributed by atoms with van der Waals surface area (Å²) in [5, 5.41) is 11.0. The molecule has 0 aliphatic rings. The van der Waals surface area contributed by atoms with Crippen molar-refractivity contribution in [3.8, 4) is 11.3 Å². The number of hydrogen-bond donors (Lipinski definition) is 2. The lowest BCUT2D eigenvalue weighted by atomic mass is 10.1. The van der Waals surface area contributed by atoms with Crippen LogP contribution in [0.25, 0.3) is 22.3 Å². The first-order chi connectivity index (χ1) is 10.4. The summed E-state index contributed by atoms with van der Waals surface area (Å²) >= 11 is 0. The van der Waals surface area contributed by atoms with Crippen molar-refractivity contribution in [2.24, 2.45) is 0 Å². The molecule has 3 rings (SSSR count). The van der Waals surface area contributed by atoms with Crippen molar-refractivity contribution in [3.63, 3.8) is 0 Å². The molecule has 3 aromatic rings. The van der Waals surface area contributed by atoms with E-state index in [9.17, 15) is 0 Å². The summed E-state index contributed by atoms with van der Waals surface area (Å²) in [6.07, 6.45) is 0.723. The number of aliphatic hydroxyl groups is 1. The zero-order valence-electron chi connectivity index (χ0n) is 11.8. The van der Waals surface area contributed by atoms with E-state index in [0.29, 0.717) is 0 Å². The van der Waals surface area contributed by atoms with Gasteiger partial charge in [-0.05, 0) is 12.1 Å². The summed E-state index contributed by atoms with van der Waals surface area (Å²) in [7, 11) is 0. The third-order valence-corrected chi connectivity index (χ3v) is 3.38. The quantitative estimate of drug-likeness (QED) is 0.711. The molecule has 0 saturated heterocycles. The van der Waals surface area contributed by atoms with Crippen molar-refractivity contribution in [2.75, 3.05) is 13.2 Å². The Hall–Kier alpha value is -2.39. The number of rotatable bonds is 4. The van der Waals surface area contributed by atoms with Crippen LogP contribution in [0.2, 0.25) is 0 Å². The van der Waals surface area contributed by atoms with Gasteiger partial charge in [0.1, 0.15) is 17.9 Å². The summed E-state index contributed by atoms with van der Waals surface area (Å²) in [6.45, 7) is 0.923. The molecule has 0 aliphatic carbocycles. The van der Waals surface area contributed by atoms with Crippen LogP contribution < -0.4 is 10.3 Å². The highest BCUT2D eigenvalue weighted by atomic mass is 16.3. The molecule has 1 aromatic heterocycles. The van der Waals surface area contributed by atoms with Crippen LogP contribution in [0.1, 0.15) is 6.42 Å². The SMILES string of the molecule is OCCC[NH+]=c1cc(-c2ccccc2)oc2ccccc12. The van der Waals surface area contributed by atoms with Gasteiger partial charge in [-0.3, -0.25) is 0 Å². The maximum absolute atomic E-state index is 8.93. The minimum Gasteiger partial charge on any atom is -0.456 e. The zero-order valence-corrected chi connectivity index (χ0v) is 11.8. The predicted octanol–water partition coefficient (Wildman–Crippen LogP) is 1.46. The lowest BCUT2D eigenvalue weighted by Gasteiger charge is -2.02. The maximum Gasteiger partial charge on any atom is 0.213 e. The maximum atomic E-state index is 8.93. The van der Waals surface area contributed by atoms with Gasteiger partial charge in [0.05, 0.1) is 11.5 Å². The molecule has 0 unspecified atom stereocenters. The average molecular weight is 280 g/mol. The van der Waals surface area contributed by atoms with Crippen LogP contribution >= 0.6 is 0 Å². The Morgan fingerprint density at radius 2 is 1.71 bits per heavy atom. The van der Waals surface area contributed by atoms with Gasteiger partial charge in [0.2, 0.25) is 5.36 Å². The van der Waals surface area contributed by atoms with Crippen molar-refractivity contribution in [2.45, 2.75) is 6.42 Å². The van der Waals surface area contributed by atoms with E-state index >= 15 is 0 Å². The van der Waals surface area contributed by atoms with E-state index in [1.807, 2.05) is 60.7 Å². The molecular formula is C18H18NO2+. The predicted molar refractivity (Wildman–Crippen MR) is 82.3 cm³/mol. The van der Waals surface area contributed by atoms with Gasteiger partial charge in [-0.2, -0.15) is 0 Å². The van der Waals surface area contributed by atoms with Crippen molar-refractivity contribution in [1.82, 2.24) is 0 Å². The number of para-hydroxylation sites is 1. The van der Waals surface area contributed by atoms with Crippen LogP contribution in [0, 0.1) is 0 Å². The van der Waals surface area contributed by atoms with Crippen LogP contribution in [0.3, 0.4) is 0 Å². The van der Waals surface area contributed by atoms with Crippen molar-refractivity contribution in [3.05, 3.63) is 66.0 Å². The summed E-state index contributed by atoms with van der Waals surface area (Å²) in [5.41, 5.74) is 1.90. The van der Waals surface area contributed by atoms with E-state index in [0.717, 1.165) is 40.6 Å². The topological polar surface area (TPSA) is 47.3 Å². The highest BCUT2D eigenvalue weighted by Crippen LogP contribution is 2.21. The van der Waals surface area contributed by atoms with E-state index in [1.54, 1.807) is 0 Å². The fourth-order valence-corrected chi connectivity index (χ4v) is 2.33. The minimum absolute atomic E-state index is 0.188. The fraction of sp³-hybridized carbons (Fsp3) is 0.167. The molecule has 0 saturated carbocycles.